The van der Waals surface area contributed by atoms with Crippen LogP contribution in [0.5, 0.6) is 0 Å². The maximum Gasteiger partial charge on any atom is 0.409 e. The molecule has 1 N–H and O–H groups in total. The first kappa shape index (κ1) is 9.70. The summed E-state index contributed by atoms with van der Waals surface area (Å²) in [5, 5.41) is 13.0. The Labute approximate surface area is 86.1 Å². The van der Waals surface area contributed by atoms with Crippen LogP contribution in [0.3, 0.4) is 0 Å². The molecular formula is C9H11N3O3. The third-order valence-electron chi connectivity index (χ3n) is 2.46. The molecule has 0 spiro atoms. The molecule has 6 nitrogen and oxygen atoms in total. The van der Waals surface area contributed by atoms with Gasteiger partial charge in [0.05, 0.1) is 6.54 Å². The van der Waals surface area contributed by atoms with Crippen molar-refractivity contribution in [2.75, 3.05) is 6.54 Å². The summed E-state index contributed by atoms with van der Waals surface area (Å²) >= 11 is 0. The molecule has 1 atom stereocenters. The number of ketones is 1. The SMILES string of the molecule is O=C1CCC(n2cccn2)N(C(=O)O)C1. The van der Waals surface area contributed by atoms with Crippen molar-refractivity contribution >= 4 is 11.9 Å². The maximum absolute atomic E-state index is 11.2. The fourth-order valence-corrected chi connectivity index (χ4v) is 1.75. The summed E-state index contributed by atoms with van der Waals surface area (Å²) in [4.78, 5) is 23.2. The van der Waals surface area contributed by atoms with Crippen LogP contribution in [0.2, 0.25) is 0 Å². The molecule has 2 heterocycles. The van der Waals surface area contributed by atoms with Gasteiger partial charge in [0.1, 0.15) is 6.17 Å². The van der Waals surface area contributed by atoms with E-state index >= 15 is 0 Å². The second-order valence-corrected chi connectivity index (χ2v) is 3.45. The number of hydrogen-bond donors (Lipinski definition) is 1. The zero-order valence-corrected chi connectivity index (χ0v) is 8.04. The second kappa shape index (κ2) is 3.72. The van der Waals surface area contributed by atoms with Crippen molar-refractivity contribution in [1.29, 1.82) is 0 Å². The van der Waals surface area contributed by atoms with Crippen LogP contribution < -0.4 is 0 Å². The van der Waals surface area contributed by atoms with E-state index in [-0.39, 0.29) is 18.5 Å². The van der Waals surface area contributed by atoms with Crippen molar-refractivity contribution in [2.45, 2.75) is 19.0 Å². The molecule has 80 valence electrons. The van der Waals surface area contributed by atoms with Crippen LogP contribution >= 0.6 is 0 Å². The third-order valence-corrected chi connectivity index (χ3v) is 2.46. The Balaban J connectivity index is 2.22. The minimum absolute atomic E-state index is 0.0409. The average Bonchev–Trinajstić information content (AvgIpc) is 2.70. The lowest BCUT2D eigenvalue weighted by Gasteiger charge is -2.32. The molecule has 1 aliphatic rings. The predicted octanol–water partition coefficient (Wildman–Crippen LogP) is 0.725. The van der Waals surface area contributed by atoms with Crippen LogP contribution in [-0.2, 0) is 4.79 Å². The summed E-state index contributed by atoms with van der Waals surface area (Å²) in [6.07, 6.45) is 2.77. The minimum Gasteiger partial charge on any atom is -0.465 e. The normalized spacial score (nSPS) is 21.7. The number of amides is 1. The molecule has 0 bridgehead atoms. The number of rotatable bonds is 1. The van der Waals surface area contributed by atoms with E-state index in [1.807, 2.05) is 0 Å². The Morgan fingerprint density at radius 3 is 3.00 bits per heavy atom. The van der Waals surface area contributed by atoms with Crippen LogP contribution in [-0.4, -0.2) is 38.2 Å². The number of likely N-dealkylation sites (tertiary alicyclic amines) is 1. The topological polar surface area (TPSA) is 75.4 Å². The average molecular weight is 209 g/mol. The van der Waals surface area contributed by atoms with Crippen LogP contribution in [0.25, 0.3) is 0 Å². The smallest absolute Gasteiger partial charge is 0.409 e. The molecule has 1 aromatic heterocycles. The first-order valence-corrected chi connectivity index (χ1v) is 4.69. The predicted molar refractivity (Wildman–Crippen MR) is 50.2 cm³/mol. The number of carboxylic acid groups (broad SMARTS) is 1. The number of hydrogen-bond acceptors (Lipinski definition) is 3. The van der Waals surface area contributed by atoms with E-state index in [1.165, 1.54) is 0 Å². The zero-order valence-electron chi connectivity index (χ0n) is 8.04. The summed E-state index contributed by atoms with van der Waals surface area (Å²) in [5.41, 5.74) is 0. The van der Waals surface area contributed by atoms with Crippen molar-refractivity contribution < 1.29 is 14.7 Å². The number of nitrogens with zero attached hydrogens (tertiary/aromatic N) is 3. The zero-order chi connectivity index (χ0) is 10.8. The molecular weight excluding hydrogens is 198 g/mol. The maximum atomic E-state index is 11.2. The van der Waals surface area contributed by atoms with Crippen molar-refractivity contribution in [2.24, 2.45) is 0 Å². The fourth-order valence-electron chi connectivity index (χ4n) is 1.75. The number of carbonyl (C=O) groups is 2. The van der Waals surface area contributed by atoms with Crippen molar-refractivity contribution in [3.8, 4) is 0 Å². The fraction of sp³-hybridized carbons (Fsp3) is 0.444. The second-order valence-electron chi connectivity index (χ2n) is 3.45. The minimum atomic E-state index is -1.08. The van der Waals surface area contributed by atoms with E-state index in [0.717, 1.165) is 4.90 Å². The van der Waals surface area contributed by atoms with Crippen LogP contribution in [0.1, 0.15) is 19.0 Å². The van der Waals surface area contributed by atoms with Gasteiger partial charge in [-0.05, 0) is 12.5 Å². The van der Waals surface area contributed by atoms with Crippen LogP contribution in [0, 0.1) is 0 Å². The van der Waals surface area contributed by atoms with Crippen molar-refractivity contribution in [1.82, 2.24) is 14.7 Å². The molecule has 0 aromatic carbocycles. The van der Waals surface area contributed by atoms with E-state index in [2.05, 4.69) is 5.10 Å². The molecule has 1 unspecified atom stereocenters. The summed E-state index contributed by atoms with van der Waals surface area (Å²) < 4.78 is 1.57. The Kier molecular flexibility index (Phi) is 2.40. The molecule has 0 aliphatic carbocycles. The molecule has 1 amide bonds. The Morgan fingerprint density at radius 1 is 1.60 bits per heavy atom. The van der Waals surface area contributed by atoms with E-state index in [9.17, 15) is 9.59 Å². The number of carbonyl (C=O) groups excluding carboxylic acids is 1. The molecule has 0 radical (unpaired) electrons. The number of Topliss-reactive ketones (excluding diaryl/α,β-unsaturated/α-hetero) is 1. The quantitative estimate of drug-likeness (QED) is 0.739. The van der Waals surface area contributed by atoms with E-state index in [1.54, 1.807) is 23.1 Å². The number of piperidine rings is 1. The van der Waals surface area contributed by atoms with Gasteiger partial charge >= 0.3 is 6.09 Å². The van der Waals surface area contributed by atoms with Crippen LogP contribution in [0.15, 0.2) is 18.5 Å². The molecule has 0 saturated carbocycles. The first-order chi connectivity index (χ1) is 7.18. The van der Waals surface area contributed by atoms with Gasteiger partial charge in [0.2, 0.25) is 0 Å². The van der Waals surface area contributed by atoms with Crippen molar-refractivity contribution in [3.63, 3.8) is 0 Å². The highest BCUT2D eigenvalue weighted by molar-refractivity contribution is 5.84. The summed E-state index contributed by atoms with van der Waals surface area (Å²) in [5.74, 6) is -0.0409. The van der Waals surface area contributed by atoms with Gasteiger partial charge in [0.15, 0.2) is 5.78 Å². The first-order valence-electron chi connectivity index (χ1n) is 4.69. The van der Waals surface area contributed by atoms with Gasteiger partial charge in [-0.15, -0.1) is 0 Å². The van der Waals surface area contributed by atoms with E-state index < -0.39 is 6.09 Å². The van der Waals surface area contributed by atoms with Crippen LogP contribution in [0.4, 0.5) is 4.79 Å². The molecule has 1 fully saturated rings. The molecule has 2 rings (SSSR count). The summed E-state index contributed by atoms with van der Waals surface area (Å²) in [6.45, 7) is -0.0418. The molecule has 1 saturated heterocycles. The largest absolute Gasteiger partial charge is 0.465 e. The van der Waals surface area contributed by atoms with Gasteiger partial charge in [-0.2, -0.15) is 5.10 Å². The molecule has 1 aromatic rings. The van der Waals surface area contributed by atoms with Gasteiger partial charge in [-0.1, -0.05) is 0 Å². The van der Waals surface area contributed by atoms with Gasteiger partial charge in [-0.3, -0.25) is 9.69 Å². The lowest BCUT2D eigenvalue weighted by atomic mass is 10.1. The van der Waals surface area contributed by atoms with Gasteiger partial charge in [-0.25, -0.2) is 9.48 Å². The molecule has 1 aliphatic heterocycles. The van der Waals surface area contributed by atoms with E-state index in [4.69, 9.17) is 5.11 Å². The highest BCUT2D eigenvalue weighted by Gasteiger charge is 2.31. The standard InChI is InChI=1S/C9H11N3O3/c13-7-2-3-8(11(6-7)9(14)15)12-5-1-4-10-12/h1,4-5,8H,2-3,6H2,(H,14,15). The lowest BCUT2D eigenvalue weighted by molar-refractivity contribution is -0.124. The Hall–Kier alpha value is -1.85. The van der Waals surface area contributed by atoms with E-state index in [0.29, 0.717) is 12.8 Å². The van der Waals surface area contributed by atoms with Gasteiger partial charge in [0, 0.05) is 18.8 Å². The molecule has 6 heteroatoms. The van der Waals surface area contributed by atoms with Gasteiger partial charge in [0.25, 0.3) is 0 Å². The summed E-state index contributed by atoms with van der Waals surface area (Å²) in [7, 11) is 0. The molecule has 15 heavy (non-hydrogen) atoms. The third kappa shape index (κ3) is 1.83. The monoisotopic (exact) mass is 209 g/mol. The Morgan fingerprint density at radius 2 is 2.40 bits per heavy atom. The lowest BCUT2D eigenvalue weighted by Crippen LogP contribution is -2.44. The Bertz CT molecular complexity index is 374. The summed E-state index contributed by atoms with van der Waals surface area (Å²) in [6, 6.07) is 1.73. The van der Waals surface area contributed by atoms with Crippen molar-refractivity contribution in [3.05, 3.63) is 18.5 Å². The highest BCUT2D eigenvalue weighted by atomic mass is 16.4. The van der Waals surface area contributed by atoms with Gasteiger partial charge < -0.3 is 5.11 Å². The highest BCUT2D eigenvalue weighted by Crippen LogP contribution is 2.23. The number of aromatic nitrogens is 2.